The molecule has 2 aromatic carbocycles. The van der Waals surface area contributed by atoms with Gasteiger partial charge in [-0.25, -0.2) is 9.78 Å². The molecule has 2 heterocycles. The fraction of sp³-hybridized carbons (Fsp3) is 0.389. The minimum atomic E-state index is -0.597. The summed E-state index contributed by atoms with van der Waals surface area (Å²) in [4.78, 5) is 33.4. The molecule has 1 unspecified atom stereocenters. The number of aliphatic hydroxyl groups excluding tert-OH is 1. The van der Waals surface area contributed by atoms with Crippen molar-refractivity contribution in [1.29, 1.82) is 0 Å². The highest BCUT2D eigenvalue weighted by Gasteiger charge is 2.24. The Morgan fingerprint density at radius 2 is 1.78 bits per heavy atom. The number of benzene rings is 2. The van der Waals surface area contributed by atoms with Gasteiger partial charge in [0.05, 0.1) is 24.0 Å². The Hall–Kier alpha value is -4.34. The Bertz CT molecular complexity index is 1810. The summed E-state index contributed by atoms with van der Waals surface area (Å²) in [5, 5.41) is 13.7. The van der Waals surface area contributed by atoms with Crippen LogP contribution in [0.15, 0.2) is 80.9 Å². The quantitative estimate of drug-likeness (QED) is 0.232. The van der Waals surface area contributed by atoms with E-state index in [-0.39, 0.29) is 23.9 Å². The van der Waals surface area contributed by atoms with Gasteiger partial charge in [0, 0.05) is 29.7 Å². The first-order valence-corrected chi connectivity index (χ1v) is 16.0. The molecule has 0 spiro atoms. The third-order valence-electron chi connectivity index (χ3n) is 8.71. The predicted molar refractivity (Wildman–Crippen MR) is 174 cm³/mol. The topological polar surface area (TPSA) is 123 Å². The predicted octanol–water partition coefficient (Wildman–Crippen LogP) is 5.85. The van der Waals surface area contributed by atoms with E-state index in [4.69, 9.17) is 14.2 Å². The van der Waals surface area contributed by atoms with Crippen LogP contribution in [0.2, 0.25) is 0 Å². The smallest absolute Gasteiger partial charge is 0.393 e. The molecule has 2 N–H and O–H groups in total. The number of aliphatic hydroxyl groups is 1. The molecule has 6 rings (SSSR count). The van der Waals surface area contributed by atoms with Gasteiger partial charge >= 0.3 is 5.76 Å². The molecule has 2 aliphatic rings. The van der Waals surface area contributed by atoms with Gasteiger partial charge in [-0.15, -0.1) is 0 Å². The Labute approximate surface area is 262 Å². The molecule has 1 saturated carbocycles. The summed E-state index contributed by atoms with van der Waals surface area (Å²) in [6.45, 7) is 4.14. The minimum absolute atomic E-state index is 0.0220. The lowest BCUT2D eigenvalue weighted by Gasteiger charge is -2.29. The Balaban J connectivity index is 1.26. The summed E-state index contributed by atoms with van der Waals surface area (Å²) in [5.74, 6) is 0.547. The Morgan fingerprint density at radius 1 is 1.02 bits per heavy atom. The van der Waals surface area contributed by atoms with E-state index in [2.05, 4.69) is 29.2 Å². The van der Waals surface area contributed by atoms with Crippen LogP contribution in [0.4, 0.5) is 0 Å². The third kappa shape index (κ3) is 6.84. The van der Waals surface area contributed by atoms with Crippen LogP contribution >= 0.6 is 0 Å². The molecule has 2 aromatic heterocycles. The van der Waals surface area contributed by atoms with Gasteiger partial charge in [0.25, 0.3) is 5.56 Å². The van der Waals surface area contributed by atoms with Gasteiger partial charge in [-0.05, 0) is 61.3 Å². The molecule has 234 valence electrons. The van der Waals surface area contributed by atoms with Gasteiger partial charge < -0.3 is 9.84 Å². The van der Waals surface area contributed by atoms with E-state index >= 15 is 0 Å². The minimum Gasteiger partial charge on any atom is -0.393 e. The van der Waals surface area contributed by atoms with Gasteiger partial charge in [0.2, 0.25) is 0 Å². The van der Waals surface area contributed by atoms with E-state index in [1.54, 1.807) is 4.57 Å². The van der Waals surface area contributed by atoms with Gasteiger partial charge in [0.1, 0.15) is 5.82 Å². The van der Waals surface area contributed by atoms with Crippen LogP contribution in [-0.4, -0.2) is 43.1 Å². The Kier molecular flexibility index (Phi) is 9.37. The number of aromatic amines is 1. The second kappa shape index (κ2) is 13.7. The summed E-state index contributed by atoms with van der Waals surface area (Å²) in [6.07, 6.45) is 12.8. The standard InChI is InChI=1S/C36H40N4O5/c1-3-7-32-31(22-23-10-12-24(13-11-23)29-8-5-6-9-30(29)34-38-36(43)45-39-34)35(42)40(33(4-2)37-32)25-14-18-27(19-15-25)44-28-20-16-26(41)17-21-28/h5-6,8-15,18,26-28,41H,3-4,7,16-17,19-22H2,1-2H3,(H,38,39,43). The molecule has 9 nitrogen and oxygen atoms in total. The molecule has 45 heavy (non-hydrogen) atoms. The normalized spacial score (nSPS) is 19.9. The summed E-state index contributed by atoms with van der Waals surface area (Å²) in [6, 6.07) is 15.8. The van der Waals surface area contributed by atoms with Crippen LogP contribution in [0.5, 0.6) is 0 Å². The highest BCUT2D eigenvalue weighted by molar-refractivity contribution is 5.80. The third-order valence-corrected chi connectivity index (χ3v) is 8.71. The monoisotopic (exact) mass is 608 g/mol. The lowest BCUT2D eigenvalue weighted by Crippen LogP contribution is -2.31. The van der Waals surface area contributed by atoms with Crippen LogP contribution in [0.1, 0.15) is 75.0 Å². The van der Waals surface area contributed by atoms with E-state index < -0.39 is 5.76 Å². The second-order valence-electron chi connectivity index (χ2n) is 11.9. The van der Waals surface area contributed by atoms with E-state index in [1.165, 1.54) is 0 Å². The van der Waals surface area contributed by atoms with E-state index in [0.29, 0.717) is 25.1 Å². The average Bonchev–Trinajstić information content (AvgIpc) is 3.50. The van der Waals surface area contributed by atoms with Gasteiger partial charge in [-0.2, -0.15) is 0 Å². The number of rotatable bonds is 10. The molecule has 0 saturated heterocycles. The van der Waals surface area contributed by atoms with Gasteiger partial charge in [-0.1, -0.05) is 86.1 Å². The van der Waals surface area contributed by atoms with Crippen molar-refractivity contribution in [3.63, 3.8) is 0 Å². The highest BCUT2D eigenvalue weighted by atomic mass is 16.5. The molecule has 0 aliphatic heterocycles. The number of hydrogen-bond donors (Lipinski definition) is 2. The zero-order chi connectivity index (χ0) is 31.3. The SMILES string of the molecule is CCCc1nc(CC)n(C2=CCC(OC3CCC(O)CC3)C=C2)c(=O)c1Cc1ccc(-c2ccccc2-c2noc(=O)[nH]2)cc1. The molecule has 2 aliphatic carbocycles. The molecular weight excluding hydrogens is 568 g/mol. The molecule has 1 atom stereocenters. The van der Waals surface area contributed by atoms with Crippen molar-refractivity contribution in [2.45, 2.75) is 89.9 Å². The van der Waals surface area contributed by atoms with Crippen molar-refractivity contribution >= 4 is 5.70 Å². The first-order valence-electron chi connectivity index (χ1n) is 16.0. The lowest BCUT2D eigenvalue weighted by atomic mass is 9.95. The molecule has 4 aromatic rings. The van der Waals surface area contributed by atoms with Crippen LogP contribution in [0.3, 0.4) is 0 Å². The zero-order valence-electron chi connectivity index (χ0n) is 25.9. The zero-order valence-corrected chi connectivity index (χ0v) is 25.9. The van der Waals surface area contributed by atoms with Crippen LogP contribution in [-0.2, 0) is 24.0 Å². The first kappa shape index (κ1) is 30.7. The van der Waals surface area contributed by atoms with E-state index in [0.717, 1.165) is 83.6 Å². The number of hydrogen-bond acceptors (Lipinski definition) is 7. The molecule has 0 radical (unpaired) electrons. The van der Waals surface area contributed by atoms with Crippen molar-refractivity contribution in [2.75, 3.05) is 0 Å². The van der Waals surface area contributed by atoms with Crippen molar-refractivity contribution in [3.8, 4) is 22.5 Å². The fourth-order valence-corrected chi connectivity index (χ4v) is 6.35. The Morgan fingerprint density at radius 3 is 2.42 bits per heavy atom. The summed E-state index contributed by atoms with van der Waals surface area (Å²) in [7, 11) is 0. The second-order valence-corrected chi connectivity index (χ2v) is 11.9. The number of aryl methyl sites for hydroxylation is 2. The van der Waals surface area contributed by atoms with Crippen LogP contribution < -0.4 is 11.3 Å². The molecule has 9 heteroatoms. The van der Waals surface area contributed by atoms with Gasteiger partial charge in [-0.3, -0.25) is 18.9 Å². The number of aromatic nitrogens is 4. The van der Waals surface area contributed by atoms with Gasteiger partial charge in [0.15, 0.2) is 5.82 Å². The lowest BCUT2D eigenvalue weighted by molar-refractivity contribution is -0.0288. The maximum atomic E-state index is 14.2. The highest BCUT2D eigenvalue weighted by Crippen LogP contribution is 2.30. The number of allylic oxidation sites excluding steroid dienone is 2. The molecule has 1 fully saturated rings. The van der Waals surface area contributed by atoms with Crippen molar-refractivity contribution in [1.82, 2.24) is 19.7 Å². The average molecular weight is 609 g/mol. The summed E-state index contributed by atoms with van der Waals surface area (Å²) < 4.78 is 12.8. The van der Waals surface area contributed by atoms with Crippen molar-refractivity contribution in [2.24, 2.45) is 0 Å². The number of H-pyrrole nitrogens is 1. The van der Waals surface area contributed by atoms with Crippen molar-refractivity contribution in [3.05, 3.63) is 110 Å². The number of ether oxygens (including phenoxy) is 1. The van der Waals surface area contributed by atoms with Crippen LogP contribution in [0, 0.1) is 0 Å². The van der Waals surface area contributed by atoms with E-state index in [9.17, 15) is 14.7 Å². The first-order chi connectivity index (χ1) is 21.9. The maximum absolute atomic E-state index is 14.2. The summed E-state index contributed by atoms with van der Waals surface area (Å²) in [5.41, 5.74) is 6.05. The number of nitrogens with zero attached hydrogens (tertiary/aromatic N) is 3. The number of nitrogens with one attached hydrogen (secondary N) is 1. The largest absolute Gasteiger partial charge is 0.439 e. The van der Waals surface area contributed by atoms with Crippen LogP contribution in [0.25, 0.3) is 28.2 Å². The van der Waals surface area contributed by atoms with E-state index in [1.807, 2.05) is 61.5 Å². The maximum Gasteiger partial charge on any atom is 0.439 e. The van der Waals surface area contributed by atoms with Crippen molar-refractivity contribution < 1.29 is 14.4 Å². The fourth-order valence-electron chi connectivity index (χ4n) is 6.35. The summed E-state index contributed by atoms with van der Waals surface area (Å²) >= 11 is 0. The molecule has 0 amide bonds. The molecular formula is C36H40N4O5. The molecule has 0 bridgehead atoms.